The van der Waals surface area contributed by atoms with Crippen molar-refractivity contribution in [2.24, 2.45) is 0 Å². The number of ether oxygens (including phenoxy) is 1. The summed E-state index contributed by atoms with van der Waals surface area (Å²) >= 11 is 0. The van der Waals surface area contributed by atoms with Crippen molar-refractivity contribution in [3.05, 3.63) is 41.9 Å². The van der Waals surface area contributed by atoms with E-state index >= 15 is 0 Å². The average molecular weight is 434 g/mol. The average Bonchev–Trinajstić information content (AvgIpc) is 3.22. The van der Waals surface area contributed by atoms with Crippen LogP contribution in [-0.2, 0) is 4.74 Å². The molecule has 1 aliphatic carbocycles. The first-order valence-corrected chi connectivity index (χ1v) is 10.8. The fourth-order valence-corrected chi connectivity index (χ4v) is 4.03. The molecule has 3 aromatic rings. The first-order valence-electron chi connectivity index (χ1n) is 10.8. The maximum Gasteiger partial charge on any atom is 0.255 e. The first kappa shape index (κ1) is 21.7. The summed E-state index contributed by atoms with van der Waals surface area (Å²) in [6.07, 6.45) is 8.71. The Kier molecular flexibility index (Phi) is 6.32. The maximum atomic E-state index is 13.1. The van der Waals surface area contributed by atoms with Crippen LogP contribution in [0.15, 0.2) is 30.7 Å². The summed E-state index contributed by atoms with van der Waals surface area (Å²) in [5.41, 5.74) is 2.25. The normalized spacial score (nSPS) is 18.5. The number of rotatable bonds is 6. The van der Waals surface area contributed by atoms with Crippen molar-refractivity contribution in [2.75, 3.05) is 12.4 Å². The minimum absolute atomic E-state index is 0.125. The Balaban J connectivity index is 1.61. The molecule has 0 radical (unpaired) electrons. The zero-order valence-corrected chi connectivity index (χ0v) is 18.5. The van der Waals surface area contributed by atoms with Crippen molar-refractivity contribution < 1.29 is 9.53 Å². The Morgan fingerprint density at radius 2 is 1.97 bits per heavy atom. The quantitative estimate of drug-likeness (QED) is 0.613. The predicted molar refractivity (Wildman–Crippen MR) is 121 cm³/mol. The standard InChI is InChI=1S/C23H27N7O2/c1-14(2)28-20-9-21(30-22-16(12-27-30)8-15(10-24)11-26-22)25-13-19(20)23(31)29-17-4-6-18(32-3)7-5-17/h8-9,11-14,17-18H,4-7H2,1-3H3,(H,25,28)(H,29,31). The number of carbonyl (C=O) groups is 1. The summed E-state index contributed by atoms with van der Waals surface area (Å²) in [5, 5.41) is 20.7. The number of methoxy groups -OCH3 is 1. The Labute approximate surface area is 186 Å². The lowest BCUT2D eigenvalue weighted by molar-refractivity contribution is 0.0599. The van der Waals surface area contributed by atoms with Gasteiger partial charge in [-0.15, -0.1) is 0 Å². The summed E-state index contributed by atoms with van der Waals surface area (Å²) < 4.78 is 7.03. The molecule has 9 nitrogen and oxygen atoms in total. The molecule has 0 atom stereocenters. The van der Waals surface area contributed by atoms with Gasteiger partial charge in [-0.1, -0.05) is 0 Å². The molecule has 0 spiro atoms. The minimum Gasteiger partial charge on any atom is -0.382 e. The highest BCUT2D eigenvalue weighted by Crippen LogP contribution is 2.24. The third kappa shape index (κ3) is 4.55. The number of fused-ring (bicyclic) bond motifs is 1. The van der Waals surface area contributed by atoms with E-state index in [1.165, 1.54) is 6.20 Å². The molecule has 0 unspecified atom stereocenters. The molecule has 9 heteroatoms. The monoisotopic (exact) mass is 433 g/mol. The SMILES string of the molecule is COC1CCC(NC(=O)c2cnc(-n3ncc4cc(C#N)cnc43)cc2NC(C)C)CC1. The summed E-state index contributed by atoms with van der Waals surface area (Å²) in [6.45, 7) is 4.03. The highest BCUT2D eigenvalue weighted by atomic mass is 16.5. The molecule has 0 aliphatic heterocycles. The van der Waals surface area contributed by atoms with Crippen molar-refractivity contribution in [2.45, 2.75) is 57.7 Å². The van der Waals surface area contributed by atoms with Gasteiger partial charge in [-0.2, -0.15) is 15.0 Å². The van der Waals surface area contributed by atoms with Crippen LogP contribution in [0.3, 0.4) is 0 Å². The van der Waals surface area contributed by atoms with Gasteiger partial charge in [-0.25, -0.2) is 9.97 Å². The number of pyridine rings is 2. The van der Waals surface area contributed by atoms with E-state index in [4.69, 9.17) is 10.00 Å². The molecule has 3 heterocycles. The van der Waals surface area contributed by atoms with Gasteiger partial charge >= 0.3 is 0 Å². The second-order valence-electron chi connectivity index (χ2n) is 8.37. The van der Waals surface area contributed by atoms with Crippen molar-refractivity contribution in [3.8, 4) is 11.9 Å². The molecule has 4 rings (SSSR count). The van der Waals surface area contributed by atoms with Crippen molar-refractivity contribution >= 4 is 22.6 Å². The van der Waals surface area contributed by atoms with Gasteiger partial charge in [0.1, 0.15) is 6.07 Å². The third-order valence-corrected chi connectivity index (χ3v) is 5.68. The number of amides is 1. The number of carbonyl (C=O) groups excluding carboxylic acids is 1. The molecule has 0 bridgehead atoms. The molecule has 2 N–H and O–H groups in total. The molecule has 0 saturated heterocycles. The van der Waals surface area contributed by atoms with E-state index in [9.17, 15) is 4.79 Å². The lowest BCUT2D eigenvalue weighted by Gasteiger charge is -2.28. The molecule has 32 heavy (non-hydrogen) atoms. The van der Waals surface area contributed by atoms with Crippen LogP contribution in [0.5, 0.6) is 0 Å². The zero-order valence-electron chi connectivity index (χ0n) is 18.5. The Hall–Kier alpha value is -3.51. The van der Waals surface area contributed by atoms with Crippen LogP contribution in [0.25, 0.3) is 16.9 Å². The van der Waals surface area contributed by atoms with E-state index in [-0.39, 0.29) is 24.1 Å². The van der Waals surface area contributed by atoms with Crippen molar-refractivity contribution in [1.82, 2.24) is 25.1 Å². The number of nitrogens with zero attached hydrogens (tertiary/aromatic N) is 5. The van der Waals surface area contributed by atoms with Gasteiger partial charge in [0.05, 0.1) is 29.1 Å². The number of aromatic nitrogens is 4. The van der Waals surface area contributed by atoms with Gasteiger partial charge in [-0.05, 0) is 45.6 Å². The first-order chi connectivity index (χ1) is 15.5. The van der Waals surface area contributed by atoms with Crippen LogP contribution >= 0.6 is 0 Å². The molecule has 1 fully saturated rings. The molecule has 1 amide bonds. The second-order valence-corrected chi connectivity index (χ2v) is 8.37. The van der Waals surface area contributed by atoms with Crippen LogP contribution in [0.4, 0.5) is 5.69 Å². The van der Waals surface area contributed by atoms with Gasteiger partial charge in [-0.3, -0.25) is 4.79 Å². The number of nitrogens with one attached hydrogen (secondary N) is 2. The number of nitriles is 1. The molecule has 1 aliphatic rings. The largest absolute Gasteiger partial charge is 0.382 e. The summed E-state index contributed by atoms with van der Waals surface area (Å²) in [4.78, 5) is 21.9. The van der Waals surface area contributed by atoms with Crippen LogP contribution < -0.4 is 10.6 Å². The topological polar surface area (TPSA) is 118 Å². The highest BCUT2D eigenvalue weighted by molar-refractivity contribution is 5.99. The Morgan fingerprint density at radius 1 is 1.19 bits per heavy atom. The lowest BCUT2D eigenvalue weighted by Crippen LogP contribution is -2.39. The Morgan fingerprint density at radius 3 is 2.66 bits per heavy atom. The molecular weight excluding hydrogens is 406 g/mol. The molecule has 1 saturated carbocycles. The molecular formula is C23H27N7O2. The number of anilines is 1. The van der Waals surface area contributed by atoms with E-state index < -0.39 is 0 Å². The minimum atomic E-state index is -0.143. The summed E-state index contributed by atoms with van der Waals surface area (Å²) in [5.74, 6) is 0.396. The third-order valence-electron chi connectivity index (χ3n) is 5.68. The van der Waals surface area contributed by atoms with E-state index in [2.05, 4.69) is 31.8 Å². The molecule has 166 valence electrons. The maximum absolute atomic E-state index is 13.1. The van der Waals surface area contributed by atoms with Crippen LogP contribution in [0.2, 0.25) is 0 Å². The van der Waals surface area contributed by atoms with Gasteiger partial charge in [0.15, 0.2) is 11.5 Å². The Bertz CT molecular complexity index is 1160. The lowest BCUT2D eigenvalue weighted by atomic mass is 9.93. The van der Waals surface area contributed by atoms with Crippen molar-refractivity contribution in [3.63, 3.8) is 0 Å². The predicted octanol–water partition coefficient (Wildman–Crippen LogP) is 3.19. The fourth-order valence-electron chi connectivity index (χ4n) is 4.03. The van der Waals surface area contributed by atoms with Gasteiger partial charge < -0.3 is 15.4 Å². The number of hydrogen-bond donors (Lipinski definition) is 2. The zero-order chi connectivity index (χ0) is 22.7. The highest BCUT2D eigenvalue weighted by Gasteiger charge is 2.24. The second kappa shape index (κ2) is 9.32. The van der Waals surface area contributed by atoms with E-state index in [0.717, 1.165) is 31.1 Å². The van der Waals surface area contributed by atoms with E-state index in [1.807, 2.05) is 19.9 Å². The molecule has 3 aromatic heterocycles. The summed E-state index contributed by atoms with van der Waals surface area (Å²) in [7, 11) is 1.74. The molecule has 0 aromatic carbocycles. The number of hydrogen-bond acceptors (Lipinski definition) is 7. The van der Waals surface area contributed by atoms with Crippen molar-refractivity contribution in [1.29, 1.82) is 5.26 Å². The smallest absolute Gasteiger partial charge is 0.255 e. The van der Waals surface area contributed by atoms with Crippen LogP contribution in [0.1, 0.15) is 55.5 Å². The van der Waals surface area contributed by atoms with Crippen LogP contribution in [-0.4, -0.2) is 51.0 Å². The van der Waals surface area contributed by atoms with Crippen LogP contribution in [0, 0.1) is 11.3 Å². The van der Waals surface area contributed by atoms with E-state index in [1.54, 1.807) is 30.3 Å². The summed E-state index contributed by atoms with van der Waals surface area (Å²) in [6, 6.07) is 5.88. The fraction of sp³-hybridized carbons (Fsp3) is 0.435. The van der Waals surface area contributed by atoms with Gasteiger partial charge in [0.25, 0.3) is 5.91 Å². The van der Waals surface area contributed by atoms with E-state index in [0.29, 0.717) is 28.3 Å². The van der Waals surface area contributed by atoms with Gasteiger partial charge in [0.2, 0.25) is 0 Å². The van der Waals surface area contributed by atoms with Gasteiger partial charge in [0, 0.05) is 43.0 Å².